The molecule has 0 radical (unpaired) electrons. The van der Waals surface area contributed by atoms with Crippen molar-refractivity contribution < 1.29 is 0 Å². The zero-order valence-corrected chi connectivity index (χ0v) is 22.5. The minimum absolute atomic E-state index is 0.0774. The second-order valence-corrected chi connectivity index (χ2v) is 16.3. The third-order valence-electron chi connectivity index (χ3n) is 5.62. The topological polar surface area (TPSA) is 25.8 Å². The van der Waals surface area contributed by atoms with Crippen molar-refractivity contribution >= 4 is 58.1 Å². The van der Waals surface area contributed by atoms with Gasteiger partial charge in [0.25, 0.3) is 0 Å². The molecule has 3 aromatic heterocycles. The Balaban J connectivity index is 1.72. The number of rotatable bonds is 2. The van der Waals surface area contributed by atoms with Crippen molar-refractivity contribution in [2.24, 2.45) is 5.41 Å². The molecule has 0 aliphatic rings. The minimum atomic E-state index is 0.0774. The van der Waals surface area contributed by atoms with Gasteiger partial charge in [0.1, 0.15) is 0 Å². The summed E-state index contributed by atoms with van der Waals surface area (Å²) in [7, 11) is 0. The van der Waals surface area contributed by atoms with Gasteiger partial charge in [0.15, 0.2) is 0 Å². The van der Waals surface area contributed by atoms with Gasteiger partial charge in [-0.05, 0) is 0 Å². The third-order valence-corrected chi connectivity index (χ3v) is 11.3. The SMILES string of the molecule is CC(C)(C)Cc1nc2c([se]1)[se]c1c(-c3cc(C(C)(C)C)c4ccccc4c3)nccc12. The Morgan fingerprint density at radius 1 is 0.871 bits per heavy atom. The Morgan fingerprint density at radius 2 is 1.65 bits per heavy atom. The van der Waals surface area contributed by atoms with E-state index in [1.54, 1.807) is 3.13 Å². The zero-order valence-electron chi connectivity index (χ0n) is 19.0. The van der Waals surface area contributed by atoms with E-state index in [1.165, 1.54) is 41.6 Å². The number of aromatic nitrogens is 2. The summed E-state index contributed by atoms with van der Waals surface area (Å²) >= 11 is 0.726. The molecular formula is C27H28N2Se2. The van der Waals surface area contributed by atoms with Gasteiger partial charge in [-0.2, -0.15) is 0 Å². The van der Waals surface area contributed by atoms with E-state index in [1.807, 2.05) is 6.20 Å². The van der Waals surface area contributed by atoms with Crippen LogP contribution in [0.25, 0.3) is 40.3 Å². The van der Waals surface area contributed by atoms with Crippen LogP contribution in [-0.2, 0) is 11.8 Å². The van der Waals surface area contributed by atoms with Gasteiger partial charge in [-0.25, -0.2) is 0 Å². The number of benzene rings is 2. The van der Waals surface area contributed by atoms with Gasteiger partial charge in [0, 0.05) is 0 Å². The van der Waals surface area contributed by atoms with Crippen LogP contribution in [0.4, 0.5) is 0 Å². The molecule has 0 atom stereocenters. The number of nitrogens with zero attached hydrogens (tertiary/aromatic N) is 2. The molecule has 0 amide bonds. The molecule has 0 bridgehead atoms. The molecular weight excluding hydrogens is 510 g/mol. The summed E-state index contributed by atoms with van der Waals surface area (Å²) in [5, 5.41) is 3.97. The molecule has 0 N–H and O–H groups in total. The standard InChI is InChI=1S/C27H28N2Se2/c1-26(2,3)15-21-29-23-19-11-12-28-22(24(19)31-25(23)30-21)17-13-16-9-7-8-10-18(16)20(14-17)27(4,5)6/h7-14H,15H2,1-6H3. The van der Waals surface area contributed by atoms with Crippen LogP contribution in [0, 0.1) is 5.41 Å². The summed E-state index contributed by atoms with van der Waals surface area (Å²) in [6.07, 6.45) is 3.08. The first-order valence-corrected chi connectivity index (χ1v) is 14.2. The predicted molar refractivity (Wildman–Crippen MR) is 136 cm³/mol. The quantitative estimate of drug-likeness (QED) is 0.237. The van der Waals surface area contributed by atoms with Crippen molar-refractivity contribution in [1.82, 2.24) is 9.97 Å². The van der Waals surface area contributed by atoms with Gasteiger partial charge >= 0.3 is 197 Å². The molecule has 0 saturated carbocycles. The van der Waals surface area contributed by atoms with Gasteiger partial charge in [-0.15, -0.1) is 0 Å². The van der Waals surface area contributed by atoms with Crippen LogP contribution < -0.4 is 0 Å². The average Bonchev–Trinajstić information content (AvgIpc) is 3.21. The number of pyridine rings is 1. The molecule has 2 aromatic carbocycles. The maximum atomic E-state index is 5.13. The van der Waals surface area contributed by atoms with E-state index in [2.05, 4.69) is 84.0 Å². The molecule has 3 heterocycles. The molecule has 0 unspecified atom stereocenters. The van der Waals surface area contributed by atoms with Crippen LogP contribution in [0.5, 0.6) is 0 Å². The first-order valence-electron chi connectivity index (χ1n) is 10.8. The van der Waals surface area contributed by atoms with E-state index in [0.717, 1.165) is 12.1 Å². The van der Waals surface area contributed by atoms with Crippen molar-refractivity contribution in [2.75, 3.05) is 0 Å². The summed E-state index contributed by atoms with van der Waals surface area (Å²) in [6.45, 7) is 13.8. The Labute approximate surface area is 196 Å². The van der Waals surface area contributed by atoms with E-state index in [-0.39, 0.29) is 5.41 Å². The second-order valence-electron chi connectivity index (χ2n) is 10.6. The maximum absolute atomic E-state index is 5.13. The first kappa shape index (κ1) is 21.2. The van der Waals surface area contributed by atoms with Crippen LogP contribution in [0.15, 0.2) is 48.7 Å². The number of hydrogen-bond acceptors (Lipinski definition) is 2. The molecule has 5 aromatic rings. The fourth-order valence-electron chi connectivity index (χ4n) is 4.22. The van der Waals surface area contributed by atoms with Gasteiger partial charge in [0.2, 0.25) is 0 Å². The fraction of sp³-hybridized carbons (Fsp3) is 0.333. The number of fused-ring (bicyclic) bond motifs is 4. The zero-order chi connectivity index (χ0) is 22.0. The predicted octanol–water partition coefficient (Wildman–Crippen LogP) is 6.60. The monoisotopic (exact) mass is 540 g/mol. The molecule has 0 saturated heterocycles. The summed E-state index contributed by atoms with van der Waals surface area (Å²) < 4.78 is 4.44. The first-order chi connectivity index (χ1) is 14.6. The summed E-state index contributed by atoms with van der Waals surface area (Å²) in [4.78, 5) is 10.0. The molecule has 0 spiro atoms. The fourth-order valence-corrected chi connectivity index (χ4v) is 11.1. The Kier molecular flexibility index (Phi) is 5.07. The van der Waals surface area contributed by atoms with E-state index in [4.69, 9.17) is 9.97 Å². The summed E-state index contributed by atoms with van der Waals surface area (Å²) in [6, 6.07) is 15.6. The van der Waals surface area contributed by atoms with Gasteiger partial charge in [0.05, 0.1) is 0 Å². The Morgan fingerprint density at radius 3 is 2.39 bits per heavy atom. The molecule has 4 heteroatoms. The number of hydrogen-bond donors (Lipinski definition) is 0. The van der Waals surface area contributed by atoms with Gasteiger partial charge in [-0.1, -0.05) is 0 Å². The summed E-state index contributed by atoms with van der Waals surface area (Å²) in [5.41, 5.74) is 5.44. The Bertz CT molecular complexity index is 1430. The van der Waals surface area contributed by atoms with E-state index in [0.29, 0.717) is 34.4 Å². The van der Waals surface area contributed by atoms with Crippen LogP contribution >= 0.6 is 0 Å². The summed E-state index contributed by atoms with van der Waals surface area (Å²) in [5.74, 6) is 0. The van der Waals surface area contributed by atoms with E-state index in [9.17, 15) is 0 Å². The van der Waals surface area contributed by atoms with E-state index >= 15 is 0 Å². The molecule has 2 nitrogen and oxygen atoms in total. The average molecular weight is 538 g/mol. The molecule has 158 valence electrons. The van der Waals surface area contributed by atoms with Crippen LogP contribution in [0.2, 0.25) is 0 Å². The molecule has 5 rings (SSSR count). The second kappa shape index (κ2) is 7.42. The molecule has 31 heavy (non-hydrogen) atoms. The molecule has 0 fully saturated rings. The Hall–Kier alpha value is -1.70. The van der Waals surface area contributed by atoms with Crippen LogP contribution in [0.1, 0.15) is 51.7 Å². The molecule has 0 aliphatic carbocycles. The van der Waals surface area contributed by atoms with Gasteiger partial charge < -0.3 is 0 Å². The van der Waals surface area contributed by atoms with Crippen molar-refractivity contribution in [3.05, 3.63) is 58.8 Å². The van der Waals surface area contributed by atoms with Crippen molar-refractivity contribution in [3.63, 3.8) is 0 Å². The van der Waals surface area contributed by atoms with Crippen molar-refractivity contribution in [1.29, 1.82) is 0 Å². The van der Waals surface area contributed by atoms with Crippen LogP contribution in [0.3, 0.4) is 0 Å². The van der Waals surface area contributed by atoms with E-state index < -0.39 is 0 Å². The van der Waals surface area contributed by atoms with Gasteiger partial charge in [-0.3, -0.25) is 0 Å². The normalized spacial score (nSPS) is 13.0. The van der Waals surface area contributed by atoms with Crippen LogP contribution in [-0.4, -0.2) is 39.0 Å². The van der Waals surface area contributed by atoms with Crippen molar-refractivity contribution in [3.8, 4) is 11.3 Å². The molecule has 0 aliphatic heterocycles. The van der Waals surface area contributed by atoms with Crippen molar-refractivity contribution in [2.45, 2.75) is 53.4 Å². The third kappa shape index (κ3) is 3.96.